The van der Waals surface area contributed by atoms with Gasteiger partial charge in [-0.25, -0.2) is 0 Å². The molecule has 2 nitrogen and oxygen atoms in total. The second-order valence-corrected chi connectivity index (χ2v) is 6.61. The predicted octanol–water partition coefficient (Wildman–Crippen LogP) is 3.94. The van der Waals surface area contributed by atoms with Gasteiger partial charge in [-0.3, -0.25) is 4.79 Å². The molecule has 2 rings (SSSR count). The van der Waals surface area contributed by atoms with Crippen molar-refractivity contribution < 1.29 is 9.53 Å². The van der Waals surface area contributed by atoms with Crippen molar-refractivity contribution in [2.45, 2.75) is 48.9 Å². The average molecular weight is 278 g/mol. The Morgan fingerprint density at radius 2 is 2.00 bits per heavy atom. The summed E-state index contributed by atoms with van der Waals surface area (Å²) in [4.78, 5) is 13.3. The van der Waals surface area contributed by atoms with Gasteiger partial charge in [0.25, 0.3) is 0 Å². The van der Waals surface area contributed by atoms with Gasteiger partial charge in [-0.05, 0) is 25.0 Å². The van der Waals surface area contributed by atoms with Crippen molar-refractivity contribution in [1.82, 2.24) is 0 Å². The Labute approximate surface area is 119 Å². The fraction of sp³-hybridized carbons (Fsp3) is 0.562. The Kier molecular flexibility index (Phi) is 5.46. The molecule has 1 aromatic rings. The van der Waals surface area contributed by atoms with E-state index in [4.69, 9.17) is 4.74 Å². The fourth-order valence-corrected chi connectivity index (χ4v) is 4.00. The molecule has 0 aliphatic heterocycles. The maximum atomic E-state index is 12.1. The van der Waals surface area contributed by atoms with Crippen LogP contribution in [0, 0.1) is 5.92 Å². The van der Waals surface area contributed by atoms with E-state index in [0.717, 1.165) is 25.7 Å². The highest BCUT2D eigenvalue weighted by atomic mass is 32.2. The summed E-state index contributed by atoms with van der Waals surface area (Å²) >= 11 is 1.79. The largest absolute Gasteiger partial charge is 0.380 e. The third-order valence-electron chi connectivity index (χ3n) is 3.80. The van der Waals surface area contributed by atoms with Gasteiger partial charge in [0.2, 0.25) is 0 Å². The van der Waals surface area contributed by atoms with E-state index in [-0.39, 0.29) is 12.0 Å². The standard InChI is InChI=1S/C16H22O2S/c1-12(19-13-8-4-3-5-9-13)16(18-2)14-10-6-7-11-15(14)17/h3-5,8-9,12,14,16H,6-7,10-11H2,1-2H3/t12-,14-,16-/m1/s1. The average Bonchev–Trinajstić information content (AvgIpc) is 2.43. The highest BCUT2D eigenvalue weighted by molar-refractivity contribution is 8.00. The first-order chi connectivity index (χ1) is 9.22. The zero-order chi connectivity index (χ0) is 13.7. The summed E-state index contributed by atoms with van der Waals surface area (Å²) < 4.78 is 5.65. The maximum Gasteiger partial charge on any atom is 0.138 e. The molecule has 104 valence electrons. The molecule has 0 bridgehead atoms. The van der Waals surface area contributed by atoms with Gasteiger partial charge in [-0.15, -0.1) is 11.8 Å². The van der Waals surface area contributed by atoms with Gasteiger partial charge in [0.05, 0.1) is 6.10 Å². The molecule has 1 aliphatic carbocycles. The molecule has 1 saturated carbocycles. The number of ether oxygens (including phenoxy) is 1. The van der Waals surface area contributed by atoms with E-state index >= 15 is 0 Å². The number of methoxy groups -OCH3 is 1. The van der Waals surface area contributed by atoms with Crippen LogP contribution >= 0.6 is 11.8 Å². The lowest BCUT2D eigenvalue weighted by Crippen LogP contribution is -2.38. The third-order valence-corrected chi connectivity index (χ3v) is 4.98. The van der Waals surface area contributed by atoms with E-state index in [0.29, 0.717) is 11.0 Å². The molecule has 1 aromatic carbocycles. The van der Waals surface area contributed by atoms with E-state index in [2.05, 4.69) is 19.1 Å². The lowest BCUT2D eigenvalue weighted by atomic mass is 9.83. The number of ketones is 1. The van der Waals surface area contributed by atoms with Crippen LogP contribution in [0.3, 0.4) is 0 Å². The van der Waals surface area contributed by atoms with Crippen molar-refractivity contribution in [3.05, 3.63) is 30.3 Å². The van der Waals surface area contributed by atoms with Crippen molar-refractivity contribution >= 4 is 17.5 Å². The summed E-state index contributed by atoms with van der Waals surface area (Å²) in [6.07, 6.45) is 3.94. The molecular weight excluding hydrogens is 256 g/mol. The highest BCUT2D eigenvalue weighted by Crippen LogP contribution is 2.33. The van der Waals surface area contributed by atoms with E-state index < -0.39 is 0 Å². The third kappa shape index (κ3) is 3.83. The molecule has 0 unspecified atom stereocenters. The van der Waals surface area contributed by atoms with E-state index in [1.165, 1.54) is 4.90 Å². The van der Waals surface area contributed by atoms with Crippen LogP contribution in [0.5, 0.6) is 0 Å². The summed E-state index contributed by atoms with van der Waals surface area (Å²) in [7, 11) is 1.73. The minimum absolute atomic E-state index is 0.0259. The molecule has 0 N–H and O–H groups in total. The summed E-state index contributed by atoms with van der Waals surface area (Å²) in [6.45, 7) is 2.16. The van der Waals surface area contributed by atoms with Crippen molar-refractivity contribution in [3.8, 4) is 0 Å². The zero-order valence-electron chi connectivity index (χ0n) is 11.7. The van der Waals surface area contributed by atoms with Crippen LogP contribution in [-0.4, -0.2) is 24.2 Å². The van der Waals surface area contributed by atoms with E-state index in [9.17, 15) is 4.79 Å². The van der Waals surface area contributed by atoms with Gasteiger partial charge >= 0.3 is 0 Å². The van der Waals surface area contributed by atoms with Gasteiger partial charge in [0.1, 0.15) is 5.78 Å². The number of thioether (sulfide) groups is 1. The normalized spacial score (nSPS) is 23.1. The first-order valence-corrected chi connectivity index (χ1v) is 7.87. The lowest BCUT2D eigenvalue weighted by Gasteiger charge is -2.31. The van der Waals surface area contributed by atoms with Gasteiger partial charge < -0.3 is 4.74 Å². The summed E-state index contributed by atoms with van der Waals surface area (Å²) in [5.74, 6) is 0.476. The number of Topliss-reactive ketones (excluding diaryl/α,β-unsaturated/α-hetero) is 1. The van der Waals surface area contributed by atoms with Crippen LogP contribution in [0.25, 0.3) is 0 Å². The first-order valence-electron chi connectivity index (χ1n) is 6.99. The van der Waals surface area contributed by atoms with Crippen LogP contribution in [0.2, 0.25) is 0 Å². The number of carbonyl (C=O) groups excluding carboxylic acids is 1. The Hall–Kier alpha value is -0.800. The Bertz CT molecular complexity index is 404. The maximum absolute atomic E-state index is 12.1. The van der Waals surface area contributed by atoms with E-state index in [1.807, 2.05) is 18.2 Å². The smallest absolute Gasteiger partial charge is 0.138 e. The molecule has 0 spiro atoms. The molecule has 3 atom stereocenters. The van der Waals surface area contributed by atoms with Crippen LogP contribution in [-0.2, 0) is 9.53 Å². The van der Waals surface area contributed by atoms with E-state index in [1.54, 1.807) is 18.9 Å². The molecule has 3 heteroatoms. The Balaban J connectivity index is 2.02. The van der Waals surface area contributed by atoms with Crippen LogP contribution in [0.1, 0.15) is 32.6 Å². The van der Waals surface area contributed by atoms with Gasteiger partial charge in [0, 0.05) is 29.6 Å². The Morgan fingerprint density at radius 3 is 2.63 bits per heavy atom. The Morgan fingerprint density at radius 1 is 1.26 bits per heavy atom. The first kappa shape index (κ1) is 14.6. The second kappa shape index (κ2) is 7.11. The van der Waals surface area contributed by atoms with Crippen molar-refractivity contribution in [1.29, 1.82) is 0 Å². The predicted molar refractivity (Wildman–Crippen MR) is 79.5 cm³/mol. The summed E-state index contributed by atoms with van der Waals surface area (Å²) in [5, 5.41) is 0.291. The summed E-state index contributed by atoms with van der Waals surface area (Å²) in [6, 6.07) is 10.3. The monoisotopic (exact) mass is 278 g/mol. The van der Waals surface area contributed by atoms with Gasteiger partial charge in [-0.1, -0.05) is 31.5 Å². The highest BCUT2D eigenvalue weighted by Gasteiger charge is 2.34. The van der Waals surface area contributed by atoms with Crippen LogP contribution in [0.4, 0.5) is 0 Å². The van der Waals surface area contributed by atoms with Crippen molar-refractivity contribution in [2.75, 3.05) is 7.11 Å². The minimum atomic E-state index is 0.0259. The zero-order valence-corrected chi connectivity index (χ0v) is 12.5. The fourth-order valence-electron chi connectivity index (χ4n) is 2.82. The van der Waals surface area contributed by atoms with Gasteiger partial charge in [0.15, 0.2) is 0 Å². The van der Waals surface area contributed by atoms with Crippen molar-refractivity contribution in [3.63, 3.8) is 0 Å². The quantitative estimate of drug-likeness (QED) is 0.763. The number of benzene rings is 1. The molecule has 0 amide bonds. The second-order valence-electron chi connectivity index (χ2n) is 5.15. The van der Waals surface area contributed by atoms with Crippen molar-refractivity contribution in [2.24, 2.45) is 5.92 Å². The molecule has 0 saturated heterocycles. The molecule has 0 aromatic heterocycles. The van der Waals surface area contributed by atoms with Gasteiger partial charge in [-0.2, -0.15) is 0 Å². The number of carbonyl (C=O) groups is 1. The minimum Gasteiger partial charge on any atom is -0.380 e. The topological polar surface area (TPSA) is 26.3 Å². The SMILES string of the molecule is CO[C@@H]([C@@H]1CCCCC1=O)[C@@H](C)Sc1ccccc1. The molecule has 19 heavy (non-hydrogen) atoms. The number of rotatable bonds is 5. The number of hydrogen-bond acceptors (Lipinski definition) is 3. The van der Waals surface area contributed by atoms with Crippen LogP contribution < -0.4 is 0 Å². The molecular formula is C16H22O2S. The lowest BCUT2D eigenvalue weighted by molar-refractivity contribution is -0.129. The van der Waals surface area contributed by atoms with Crippen LogP contribution in [0.15, 0.2) is 35.2 Å². The summed E-state index contributed by atoms with van der Waals surface area (Å²) in [5.41, 5.74) is 0. The molecule has 0 radical (unpaired) electrons. The molecule has 1 aliphatic rings. The number of hydrogen-bond donors (Lipinski definition) is 0. The molecule has 1 fully saturated rings. The molecule has 0 heterocycles.